The van der Waals surface area contributed by atoms with Gasteiger partial charge in [-0.25, -0.2) is 9.37 Å². The molecule has 6 rings (SSSR count). The highest BCUT2D eigenvalue weighted by Gasteiger charge is 2.51. The van der Waals surface area contributed by atoms with Crippen LogP contribution < -0.4 is 5.73 Å². The van der Waals surface area contributed by atoms with Crippen LogP contribution in [0.25, 0.3) is 44.5 Å². The fraction of sp³-hybridized carbons (Fsp3) is 0.148. The molecule has 7 nitrogen and oxygen atoms in total. The minimum absolute atomic E-state index is 0.0673. The summed E-state index contributed by atoms with van der Waals surface area (Å²) in [7, 11) is 0. The van der Waals surface area contributed by atoms with Crippen molar-refractivity contribution in [3.8, 4) is 33.6 Å². The third kappa shape index (κ3) is 3.68. The Morgan fingerprint density at radius 1 is 0.914 bits per heavy atom. The van der Waals surface area contributed by atoms with E-state index in [1.165, 1.54) is 6.07 Å². The van der Waals surface area contributed by atoms with Crippen LogP contribution in [0.15, 0.2) is 79.3 Å². The molecule has 35 heavy (non-hydrogen) atoms. The number of H-pyrrole nitrogens is 1. The average Bonchev–Trinajstić information content (AvgIpc) is 3.37. The lowest BCUT2D eigenvalue weighted by atomic mass is 9.68. The summed E-state index contributed by atoms with van der Waals surface area (Å²) >= 11 is 0. The number of nitrogens with zero attached hydrogens (tertiary/aromatic N) is 3. The third-order valence-corrected chi connectivity index (χ3v) is 6.61. The first kappa shape index (κ1) is 21.5. The molecule has 0 atom stereocenters. The molecule has 2 aromatic carbocycles. The first-order valence-corrected chi connectivity index (χ1v) is 11.2. The van der Waals surface area contributed by atoms with Crippen LogP contribution in [0.4, 0.5) is 4.39 Å². The zero-order chi connectivity index (χ0) is 24.2. The van der Waals surface area contributed by atoms with Gasteiger partial charge in [-0.2, -0.15) is 5.10 Å². The Morgan fingerprint density at radius 3 is 2.37 bits per heavy atom. The van der Waals surface area contributed by atoms with Gasteiger partial charge in [0, 0.05) is 52.9 Å². The second kappa shape index (κ2) is 7.78. The minimum atomic E-state index is -1.73. The number of fused-ring (bicyclic) bond motifs is 1. The molecule has 1 fully saturated rings. The molecule has 0 unspecified atom stereocenters. The zero-order valence-corrected chi connectivity index (χ0v) is 18.6. The van der Waals surface area contributed by atoms with Gasteiger partial charge in [-0.3, -0.25) is 10.1 Å². The molecule has 1 aliphatic rings. The van der Waals surface area contributed by atoms with E-state index in [2.05, 4.69) is 15.2 Å². The Balaban J connectivity index is 1.53. The highest BCUT2D eigenvalue weighted by molar-refractivity contribution is 5.98. The van der Waals surface area contributed by atoms with Gasteiger partial charge in [-0.05, 0) is 23.8 Å². The summed E-state index contributed by atoms with van der Waals surface area (Å²) in [6.07, 6.45) is 5.27. The number of rotatable bonds is 4. The number of aromatic nitrogens is 4. The van der Waals surface area contributed by atoms with Gasteiger partial charge in [-0.1, -0.05) is 42.5 Å². The molecule has 5 aromatic rings. The Kier molecular flexibility index (Phi) is 4.79. The molecule has 3 aromatic heterocycles. The number of nitrogens with one attached hydrogen (secondary N) is 1. The lowest BCUT2D eigenvalue weighted by Gasteiger charge is -2.48. The summed E-state index contributed by atoms with van der Waals surface area (Å²) in [4.78, 5) is 9.46. The number of benzene rings is 2. The number of hydrogen-bond acceptors (Lipinski definition) is 6. The van der Waals surface area contributed by atoms with Gasteiger partial charge in [0.05, 0.1) is 28.6 Å². The largest absolute Gasteiger partial charge is 0.365 e. The smallest absolute Gasteiger partial charge is 0.166 e. The van der Waals surface area contributed by atoms with Gasteiger partial charge in [0.1, 0.15) is 5.82 Å². The van der Waals surface area contributed by atoms with Crippen molar-refractivity contribution in [2.75, 3.05) is 0 Å². The highest BCUT2D eigenvalue weighted by Crippen LogP contribution is 2.45. The van der Waals surface area contributed by atoms with E-state index in [1.807, 2.05) is 36.4 Å². The minimum Gasteiger partial charge on any atom is -0.365 e. The second-order valence-corrected chi connectivity index (χ2v) is 9.15. The van der Waals surface area contributed by atoms with E-state index in [1.54, 1.807) is 36.8 Å². The molecule has 0 bridgehead atoms. The first-order valence-electron chi connectivity index (χ1n) is 11.2. The average molecular weight is 468 g/mol. The molecule has 0 aliphatic heterocycles. The lowest BCUT2D eigenvalue weighted by Crippen LogP contribution is -2.59. The van der Waals surface area contributed by atoms with Crippen LogP contribution in [0.1, 0.15) is 18.4 Å². The van der Waals surface area contributed by atoms with Gasteiger partial charge in [-0.15, -0.1) is 0 Å². The van der Waals surface area contributed by atoms with Crippen molar-refractivity contribution in [1.29, 1.82) is 0 Å². The number of pyridine rings is 2. The van der Waals surface area contributed by atoms with E-state index in [9.17, 15) is 14.6 Å². The maximum atomic E-state index is 15.0. The second-order valence-electron chi connectivity index (χ2n) is 9.15. The molecule has 0 spiro atoms. The molecule has 0 amide bonds. The van der Waals surface area contributed by atoms with Crippen LogP contribution >= 0.6 is 0 Å². The molecule has 1 aliphatic carbocycles. The van der Waals surface area contributed by atoms with Gasteiger partial charge in [0.2, 0.25) is 0 Å². The van der Waals surface area contributed by atoms with Crippen molar-refractivity contribution in [2.24, 2.45) is 5.73 Å². The van der Waals surface area contributed by atoms with Crippen molar-refractivity contribution in [3.05, 3.63) is 90.6 Å². The topological polar surface area (TPSA) is 121 Å². The summed E-state index contributed by atoms with van der Waals surface area (Å²) < 4.78 is 15.0. The van der Waals surface area contributed by atoms with Crippen LogP contribution in [0.5, 0.6) is 0 Å². The SMILES string of the molecule is NC1(c2ccc(-c3nc4ccnc(-c5cn[nH]c5)c4cc3-c3ccccc3F)cc2)CC(O)(O)C1. The van der Waals surface area contributed by atoms with Crippen LogP contribution in [0.3, 0.4) is 0 Å². The van der Waals surface area contributed by atoms with E-state index >= 15 is 0 Å². The normalized spacial score (nSPS) is 16.2. The maximum absolute atomic E-state index is 15.0. The fourth-order valence-corrected chi connectivity index (χ4v) is 4.93. The number of aliphatic hydroxyl groups is 2. The van der Waals surface area contributed by atoms with E-state index in [0.717, 1.165) is 27.6 Å². The summed E-state index contributed by atoms with van der Waals surface area (Å²) in [6, 6.07) is 17.9. The van der Waals surface area contributed by atoms with Crippen LogP contribution in [-0.4, -0.2) is 36.2 Å². The predicted molar refractivity (Wildman–Crippen MR) is 130 cm³/mol. The van der Waals surface area contributed by atoms with Crippen LogP contribution in [0, 0.1) is 5.82 Å². The maximum Gasteiger partial charge on any atom is 0.166 e. The predicted octanol–water partition coefficient (Wildman–Crippen LogP) is 4.12. The molecule has 8 heteroatoms. The quantitative estimate of drug-likeness (QED) is 0.295. The van der Waals surface area contributed by atoms with Gasteiger partial charge in [0.25, 0.3) is 0 Å². The zero-order valence-electron chi connectivity index (χ0n) is 18.6. The molecule has 0 radical (unpaired) electrons. The molecule has 174 valence electrons. The Bertz CT molecular complexity index is 1540. The third-order valence-electron chi connectivity index (χ3n) is 6.61. The number of nitrogens with two attached hydrogens (primary N) is 1. The summed E-state index contributed by atoms with van der Waals surface area (Å²) in [5, 5.41) is 27.1. The monoisotopic (exact) mass is 467 g/mol. The van der Waals surface area contributed by atoms with Crippen molar-refractivity contribution in [1.82, 2.24) is 20.2 Å². The molecule has 0 saturated heterocycles. The molecule has 3 heterocycles. The summed E-state index contributed by atoms with van der Waals surface area (Å²) in [5.74, 6) is -2.08. The van der Waals surface area contributed by atoms with Gasteiger partial charge >= 0.3 is 0 Å². The molecule has 1 saturated carbocycles. The number of hydrogen-bond donors (Lipinski definition) is 4. The first-order chi connectivity index (χ1) is 16.8. The van der Waals surface area contributed by atoms with E-state index in [4.69, 9.17) is 10.7 Å². The fourth-order valence-electron chi connectivity index (χ4n) is 4.93. The standard InChI is InChI=1S/C27H22FN5O2/c28-22-4-2-1-3-19(22)20-11-21-23(9-10-30-24(21)17-12-31-32-13-17)33-25(20)16-5-7-18(8-6-16)26(29)14-27(34,35)15-26/h1-13,34-35H,14-15,29H2,(H,31,32). The van der Waals surface area contributed by atoms with Crippen molar-refractivity contribution in [2.45, 2.75) is 24.2 Å². The van der Waals surface area contributed by atoms with Crippen molar-refractivity contribution in [3.63, 3.8) is 0 Å². The Hall–Kier alpha value is -3.98. The van der Waals surface area contributed by atoms with E-state index in [-0.39, 0.29) is 18.7 Å². The molecular weight excluding hydrogens is 445 g/mol. The lowest BCUT2D eigenvalue weighted by molar-refractivity contribution is -0.244. The van der Waals surface area contributed by atoms with Crippen LogP contribution in [-0.2, 0) is 5.54 Å². The molecular formula is C27H22FN5O2. The van der Waals surface area contributed by atoms with Crippen LogP contribution in [0.2, 0.25) is 0 Å². The number of aromatic amines is 1. The Morgan fingerprint density at radius 2 is 1.69 bits per heavy atom. The van der Waals surface area contributed by atoms with Crippen molar-refractivity contribution < 1.29 is 14.6 Å². The summed E-state index contributed by atoms with van der Waals surface area (Å²) in [6.45, 7) is 0. The Labute approximate surface area is 200 Å². The molecule has 5 N–H and O–H groups in total. The number of halogens is 1. The van der Waals surface area contributed by atoms with Crippen molar-refractivity contribution >= 4 is 10.9 Å². The van der Waals surface area contributed by atoms with Gasteiger partial charge in [0.15, 0.2) is 5.79 Å². The van der Waals surface area contributed by atoms with E-state index in [0.29, 0.717) is 22.5 Å². The van der Waals surface area contributed by atoms with Gasteiger partial charge < -0.3 is 15.9 Å². The summed E-state index contributed by atoms with van der Waals surface area (Å²) in [5.41, 5.74) is 11.1. The highest BCUT2D eigenvalue weighted by atomic mass is 19.1. The van der Waals surface area contributed by atoms with E-state index < -0.39 is 11.3 Å².